The Morgan fingerprint density at radius 1 is 1.27 bits per heavy atom. The van der Waals surface area contributed by atoms with Gasteiger partial charge in [-0.3, -0.25) is 0 Å². The number of nitrogens with one attached hydrogen (secondary N) is 2. The zero-order chi connectivity index (χ0) is 22.1. The first kappa shape index (κ1) is 22.2. The average Bonchev–Trinajstić information content (AvgIpc) is 3.15. The molecule has 0 fully saturated rings. The summed E-state index contributed by atoms with van der Waals surface area (Å²) < 4.78 is 40.9. The van der Waals surface area contributed by atoms with E-state index in [4.69, 9.17) is 22.4 Å². The van der Waals surface area contributed by atoms with E-state index in [-0.39, 0.29) is 22.8 Å². The van der Waals surface area contributed by atoms with Crippen molar-refractivity contribution in [1.29, 1.82) is 0 Å². The number of primary sulfonamides is 1. The molecule has 0 bridgehead atoms. The summed E-state index contributed by atoms with van der Waals surface area (Å²) in [7, 11) is -4.82. The Hall–Kier alpha value is -2.46. The third kappa shape index (κ3) is 4.06. The van der Waals surface area contributed by atoms with E-state index in [2.05, 4.69) is 14.8 Å². The van der Waals surface area contributed by atoms with Crippen LogP contribution in [0.2, 0.25) is 0 Å². The fraction of sp³-hybridized carbons (Fsp3) is 0.125. The summed E-state index contributed by atoms with van der Waals surface area (Å²) in [5.41, 5.74) is 15.4. The molecule has 1 unspecified atom stereocenters. The lowest BCUT2D eigenvalue weighted by molar-refractivity contribution is 0.594. The lowest BCUT2D eigenvalue weighted by atomic mass is 9.98. The highest BCUT2D eigenvalue weighted by Gasteiger charge is 2.28. The van der Waals surface area contributed by atoms with Gasteiger partial charge in [0.25, 0.3) is 0 Å². The van der Waals surface area contributed by atoms with Gasteiger partial charge >= 0.3 is 0 Å². The van der Waals surface area contributed by atoms with Crippen LogP contribution in [0, 0.1) is 0 Å². The number of nitrogens with two attached hydrogens (primary N) is 4. The molecule has 1 atom stereocenters. The maximum Gasteiger partial charge on any atom is 0.240 e. The SMILES string of the molecule is CNS(=O)c1ccc(-c2cccc3sc(CN)nc23)c(/C(N)=N/NN)c1S(N)(=O)=O. The first-order valence-electron chi connectivity index (χ1n) is 8.39. The summed E-state index contributed by atoms with van der Waals surface area (Å²) in [5.74, 6) is 5.00. The van der Waals surface area contributed by atoms with Crippen LogP contribution in [0.3, 0.4) is 0 Å². The van der Waals surface area contributed by atoms with Crippen LogP contribution in [0.4, 0.5) is 0 Å². The molecular weight excluding hydrogens is 448 g/mol. The molecule has 1 aromatic heterocycles. The lowest BCUT2D eigenvalue weighted by Crippen LogP contribution is -2.28. The molecule has 0 aliphatic carbocycles. The number of amidine groups is 1. The molecule has 3 rings (SSSR count). The number of nitrogens with zero attached hydrogens (tertiary/aromatic N) is 2. The van der Waals surface area contributed by atoms with Gasteiger partial charge in [0.05, 0.1) is 15.1 Å². The highest BCUT2D eigenvalue weighted by molar-refractivity contribution is 7.90. The van der Waals surface area contributed by atoms with Crippen molar-refractivity contribution in [2.75, 3.05) is 7.05 Å². The molecule has 0 spiro atoms. The number of hydrogen-bond donors (Lipinski definition) is 6. The minimum atomic E-state index is -4.37. The molecule has 30 heavy (non-hydrogen) atoms. The third-order valence-corrected chi connectivity index (χ3v) is 7.44. The largest absolute Gasteiger partial charge is 0.382 e. The van der Waals surface area contributed by atoms with Crippen molar-refractivity contribution >= 4 is 48.4 Å². The van der Waals surface area contributed by atoms with Crippen LogP contribution in [-0.4, -0.2) is 30.5 Å². The second-order valence-corrected chi connectivity index (χ2v) is 9.92. The Labute approximate surface area is 179 Å². The van der Waals surface area contributed by atoms with Gasteiger partial charge in [-0.1, -0.05) is 18.2 Å². The molecule has 2 aromatic carbocycles. The Morgan fingerprint density at radius 2 is 2.00 bits per heavy atom. The van der Waals surface area contributed by atoms with Crippen LogP contribution < -0.4 is 32.7 Å². The Morgan fingerprint density at radius 3 is 2.60 bits per heavy atom. The first-order valence-corrected chi connectivity index (χ1v) is 11.9. The quantitative estimate of drug-likeness (QED) is 0.114. The Kier molecular flexibility index (Phi) is 6.47. The smallest absolute Gasteiger partial charge is 0.240 e. The van der Waals surface area contributed by atoms with E-state index >= 15 is 0 Å². The first-order chi connectivity index (χ1) is 14.2. The number of aromatic nitrogens is 1. The molecule has 1 heterocycles. The van der Waals surface area contributed by atoms with E-state index in [9.17, 15) is 12.6 Å². The van der Waals surface area contributed by atoms with Gasteiger partial charge in [-0.25, -0.2) is 38.8 Å². The van der Waals surface area contributed by atoms with Crippen molar-refractivity contribution < 1.29 is 12.6 Å². The van der Waals surface area contributed by atoms with Crippen molar-refractivity contribution in [2.45, 2.75) is 16.3 Å². The summed E-state index contributed by atoms with van der Waals surface area (Å²) in [4.78, 5) is 4.05. The van der Waals surface area contributed by atoms with E-state index < -0.39 is 25.9 Å². The van der Waals surface area contributed by atoms with E-state index in [1.807, 2.05) is 11.6 Å². The number of hydrogen-bond acceptors (Lipinski definition) is 9. The molecule has 0 radical (unpaired) electrons. The number of fused-ring (bicyclic) bond motifs is 1. The summed E-state index contributed by atoms with van der Waals surface area (Å²) in [6, 6.07) is 8.42. The van der Waals surface area contributed by atoms with Gasteiger partial charge < -0.3 is 11.5 Å². The van der Waals surface area contributed by atoms with Crippen LogP contribution >= 0.6 is 11.3 Å². The highest BCUT2D eigenvalue weighted by Crippen LogP contribution is 2.37. The highest BCUT2D eigenvalue weighted by atomic mass is 32.2. The topological polar surface area (TPSA) is 205 Å². The zero-order valence-corrected chi connectivity index (χ0v) is 18.2. The molecule has 0 amide bonds. The predicted molar refractivity (Wildman–Crippen MR) is 118 cm³/mol. The van der Waals surface area contributed by atoms with E-state index in [0.29, 0.717) is 21.7 Å². The number of thiazole rings is 1. The van der Waals surface area contributed by atoms with E-state index in [1.165, 1.54) is 24.5 Å². The summed E-state index contributed by atoms with van der Waals surface area (Å²) in [6.45, 7) is 0.259. The van der Waals surface area contributed by atoms with Crippen LogP contribution in [0.25, 0.3) is 21.3 Å². The van der Waals surface area contributed by atoms with Gasteiger partial charge in [0, 0.05) is 17.7 Å². The lowest BCUT2D eigenvalue weighted by Gasteiger charge is -2.17. The molecule has 160 valence electrons. The monoisotopic (exact) mass is 468 g/mol. The summed E-state index contributed by atoms with van der Waals surface area (Å²) in [5, 5.41) is 9.93. The number of benzene rings is 2. The van der Waals surface area contributed by atoms with Gasteiger partial charge in [-0.2, -0.15) is 0 Å². The third-order valence-electron chi connectivity index (χ3n) is 4.16. The van der Waals surface area contributed by atoms with E-state index in [0.717, 1.165) is 4.70 Å². The van der Waals surface area contributed by atoms with Gasteiger partial charge in [-0.15, -0.1) is 16.4 Å². The van der Waals surface area contributed by atoms with Crippen LogP contribution in [-0.2, 0) is 27.6 Å². The molecule has 11 nitrogen and oxygen atoms in total. The minimum Gasteiger partial charge on any atom is -0.382 e. The van der Waals surface area contributed by atoms with Gasteiger partial charge in [0.15, 0.2) is 5.84 Å². The van der Waals surface area contributed by atoms with E-state index in [1.54, 1.807) is 18.2 Å². The number of para-hydroxylation sites is 1. The van der Waals surface area contributed by atoms with Gasteiger partial charge in [-0.05, 0) is 24.7 Å². The van der Waals surface area contributed by atoms with Crippen molar-refractivity contribution in [3.63, 3.8) is 0 Å². The maximum absolute atomic E-state index is 12.5. The predicted octanol–water partition coefficient (Wildman–Crippen LogP) is -0.605. The van der Waals surface area contributed by atoms with Gasteiger partial charge in [0.2, 0.25) is 10.0 Å². The fourth-order valence-electron chi connectivity index (χ4n) is 3.01. The molecule has 0 aliphatic heterocycles. The van der Waals surface area contributed by atoms with Crippen molar-refractivity contribution in [3.8, 4) is 11.1 Å². The zero-order valence-electron chi connectivity index (χ0n) is 15.7. The van der Waals surface area contributed by atoms with Crippen LogP contribution in [0.1, 0.15) is 10.6 Å². The normalized spacial score (nSPS) is 13.5. The number of rotatable bonds is 7. The van der Waals surface area contributed by atoms with Crippen molar-refractivity contribution in [2.24, 2.45) is 27.6 Å². The summed E-state index contributed by atoms with van der Waals surface area (Å²) in [6.07, 6.45) is 0. The number of hydrazone groups is 1. The standard InChI is InChI=1S/C16H20N8O3S3/c1-21-29(25)11-6-5-8(13(16(18)23-24-19)15(11)30(20,26)27)9-3-2-4-10-14(9)22-12(7-17)28-10/h2-6,21,24H,7,17,19H2,1H3,(H2,18,23)(H2,20,26,27). The van der Waals surface area contributed by atoms with Gasteiger partial charge in [0.1, 0.15) is 20.9 Å². The van der Waals surface area contributed by atoms with Crippen molar-refractivity contribution in [1.82, 2.24) is 15.2 Å². The molecule has 0 aliphatic rings. The average molecular weight is 469 g/mol. The Balaban J connectivity index is 2.49. The second-order valence-electron chi connectivity index (χ2n) is 5.92. The summed E-state index contributed by atoms with van der Waals surface area (Å²) >= 11 is 1.42. The molecular formula is C16H20N8O3S3. The number of sulfonamides is 1. The molecule has 0 saturated heterocycles. The molecule has 14 heteroatoms. The molecule has 10 N–H and O–H groups in total. The second kappa shape index (κ2) is 8.73. The maximum atomic E-state index is 12.5. The van der Waals surface area contributed by atoms with Crippen LogP contribution in [0.5, 0.6) is 0 Å². The minimum absolute atomic E-state index is 0.0358. The van der Waals surface area contributed by atoms with Crippen LogP contribution in [0.15, 0.2) is 45.2 Å². The Bertz CT molecular complexity index is 1270. The number of hydrazine groups is 1. The van der Waals surface area contributed by atoms with Crippen molar-refractivity contribution in [3.05, 3.63) is 40.9 Å². The molecule has 3 aromatic rings. The molecule has 0 saturated carbocycles. The fourth-order valence-corrected chi connectivity index (χ4v) is 5.98.